The molecule has 1 saturated heterocycles. The molecule has 0 saturated carbocycles. The molecule has 1 fully saturated rings. The van der Waals surface area contributed by atoms with Gasteiger partial charge in [0.25, 0.3) is 0 Å². The van der Waals surface area contributed by atoms with Crippen LogP contribution in [0.2, 0.25) is 0 Å². The molecule has 0 aliphatic carbocycles. The monoisotopic (exact) mass is 331 g/mol. The van der Waals surface area contributed by atoms with Crippen LogP contribution in [0.15, 0.2) is 6.07 Å². The molecule has 0 unspecified atom stereocenters. The summed E-state index contributed by atoms with van der Waals surface area (Å²) in [5, 5.41) is 7.31. The first-order valence-electron chi connectivity index (χ1n) is 8.24. The van der Waals surface area contributed by atoms with E-state index in [0.717, 1.165) is 49.1 Å². The van der Waals surface area contributed by atoms with Gasteiger partial charge in [0.1, 0.15) is 12.4 Å². The summed E-state index contributed by atoms with van der Waals surface area (Å²) >= 11 is 0. The Morgan fingerprint density at radius 2 is 2.21 bits per heavy atom. The summed E-state index contributed by atoms with van der Waals surface area (Å²) in [6, 6.07) is 2.07. The average Bonchev–Trinajstić information content (AvgIpc) is 3.20. The van der Waals surface area contributed by atoms with Gasteiger partial charge >= 0.3 is 0 Å². The molecule has 0 radical (unpaired) electrons. The Kier molecular flexibility index (Phi) is 5.11. The highest BCUT2D eigenvalue weighted by Crippen LogP contribution is 2.27. The Bertz CT molecular complexity index is 675. The number of aromatic amines is 1. The van der Waals surface area contributed by atoms with Crippen molar-refractivity contribution in [3.63, 3.8) is 0 Å². The van der Waals surface area contributed by atoms with Gasteiger partial charge in [0.05, 0.1) is 18.0 Å². The van der Waals surface area contributed by atoms with Crippen molar-refractivity contribution in [2.75, 3.05) is 32.3 Å². The van der Waals surface area contributed by atoms with Gasteiger partial charge in [-0.1, -0.05) is 0 Å². The van der Waals surface area contributed by atoms with E-state index in [1.54, 1.807) is 7.11 Å². The maximum absolute atomic E-state index is 5.51. The Hall–Kier alpha value is -1.99. The molecule has 3 rings (SSSR count). The van der Waals surface area contributed by atoms with Gasteiger partial charge in [0, 0.05) is 50.6 Å². The molecule has 0 spiro atoms. The van der Waals surface area contributed by atoms with Crippen LogP contribution in [0.5, 0.6) is 0 Å². The molecule has 1 aliphatic rings. The summed E-state index contributed by atoms with van der Waals surface area (Å²) in [7, 11) is 3.70. The molecule has 3 heterocycles. The highest BCUT2D eigenvalue weighted by molar-refractivity contribution is 5.42. The number of rotatable bonds is 6. The lowest BCUT2D eigenvalue weighted by atomic mass is 10.0. The van der Waals surface area contributed by atoms with Gasteiger partial charge in [-0.05, 0) is 20.3 Å². The minimum atomic E-state index is 0.341. The Balaban J connectivity index is 1.87. The Labute approximate surface area is 142 Å². The predicted octanol–water partition coefficient (Wildman–Crippen LogP) is 2.10. The highest BCUT2D eigenvalue weighted by atomic mass is 16.5. The van der Waals surface area contributed by atoms with Gasteiger partial charge in [0.15, 0.2) is 5.82 Å². The number of hydrogen-bond donors (Lipinski definition) is 1. The fraction of sp³-hybridized carbons (Fsp3) is 0.588. The molecule has 7 nitrogen and oxygen atoms in total. The predicted molar refractivity (Wildman–Crippen MR) is 91.1 cm³/mol. The van der Waals surface area contributed by atoms with Crippen LogP contribution in [0.25, 0.3) is 0 Å². The summed E-state index contributed by atoms with van der Waals surface area (Å²) in [6.45, 7) is 6.74. The van der Waals surface area contributed by atoms with E-state index in [2.05, 4.69) is 31.1 Å². The van der Waals surface area contributed by atoms with Crippen LogP contribution in [-0.2, 0) is 22.6 Å². The highest BCUT2D eigenvalue weighted by Gasteiger charge is 2.22. The Morgan fingerprint density at radius 1 is 1.38 bits per heavy atom. The van der Waals surface area contributed by atoms with Crippen molar-refractivity contribution >= 4 is 5.82 Å². The van der Waals surface area contributed by atoms with Crippen LogP contribution in [0.1, 0.15) is 40.8 Å². The van der Waals surface area contributed by atoms with E-state index >= 15 is 0 Å². The van der Waals surface area contributed by atoms with E-state index < -0.39 is 0 Å². The number of aromatic nitrogens is 4. The molecule has 7 heteroatoms. The molecular weight excluding hydrogens is 306 g/mol. The molecule has 0 amide bonds. The van der Waals surface area contributed by atoms with E-state index in [1.165, 1.54) is 5.56 Å². The molecule has 2 aromatic heterocycles. The van der Waals surface area contributed by atoms with Crippen molar-refractivity contribution in [2.24, 2.45) is 0 Å². The van der Waals surface area contributed by atoms with Gasteiger partial charge in [-0.25, -0.2) is 9.97 Å². The molecule has 2 aromatic rings. The fourth-order valence-electron chi connectivity index (χ4n) is 2.99. The standard InChI is InChI=1S/C17H25N5O2/c1-11-14(12(2)21-20-11)8-22(3)17-7-15(13-5-6-24-9-13)18-16(19-17)10-23-4/h7,13H,5-6,8-10H2,1-4H3,(H,20,21)/t13-/m0/s1. The van der Waals surface area contributed by atoms with Crippen molar-refractivity contribution in [1.82, 2.24) is 20.2 Å². The van der Waals surface area contributed by atoms with Crippen LogP contribution < -0.4 is 4.90 Å². The van der Waals surface area contributed by atoms with E-state index in [-0.39, 0.29) is 0 Å². The molecule has 0 bridgehead atoms. The molecule has 1 N–H and O–H groups in total. The van der Waals surface area contributed by atoms with E-state index in [4.69, 9.17) is 9.47 Å². The number of hydrogen-bond acceptors (Lipinski definition) is 6. The number of nitrogens with zero attached hydrogens (tertiary/aromatic N) is 4. The van der Waals surface area contributed by atoms with Crippen molar-refractivity contribution in [2.45, 2.75) is 39.3 Å². The smallest absolute Gasteiger partial charge is 0.156 e. The van der Waals surface area contributed by atoms with Crippen molar-refractivity contribution in [3.05, 3.63) is 34.5 Å². The first-order chi connectivity index (χ1) is 11.6. The van der Waals surface area contributed by atoms with Gasteiger partial charge < -0.3 is 14.4 Å². The summed E-state index contributed by atoms with van der Waals surface area (Å²) < 4.78 is 10.7. The number of aryl methyl sites for hydroxylation is 2. The maximum atomic E-state index is 5.51. The van der Waals surface area contributed by atoms with Crippen LogP contribution in [0.4, 0.5) is 5.82 Å². The van der Waals surface area contributed by atoms with Crippen molar-refractivity contribution < 1.29 is 9.47 Å². The second-order valence-electron chi connectivity index (χ2n) is 6.33. The van der Waals surface area contributed by atoms with Crippen LogP contribution in [0.3, 0.4) is 0 Å². The third kappa shape index (κ3) is 3.57. The lowest BCUT2D eigenvalue weighted by molar-refractivity contribution is 0.177. The third-order valence-electron chi connectivity index (χ3n) is 4.47. The number of methoxy groups -OCH3 is 1. The normalized spacial score (nSPS) is 17.4. The topological polar surface area (TPSA) is 76.2 Å². The minimum Gasteiger partial charge on any atom is -0.381 e. The van der Waals surface area contributed by atoms with Gasteiger partial charge in [-0.2, -0.15) is 5.10 Å². The first kappa shape index (κ1) is 16.9. The number of anilines is 1. The Morgan fingerprint density at radius 3 is 2.83 bits per heavy atom. The number of ether oxygens (including phenoxy) is 2. The third-order valence-corrected chi connectivity index (χ3v) is 4.47. The first-order valence-corrected chi connectivity index (χ1v) is 8.24. The molecule has 24 heavy (non-hydrogen) atoms. The molecule has 0 aromatic carbocycles. The zero-order chi connectivity index (χ0) is 17.1. The molecule has 1 aliphatic heterocycles. The van der Waals surface area contributed by atoms with Crippen molar-refractivity contribution in [1.29, 1.82) is 0 Å². The van der Waals surface area contributed by atoms with Crippen LogP contribution in [-0.4, -0.2) is 47.5 Å². The quantitative estimate of drug-likeness (QED) is 0.873. The fourth-order valence-corrected chi connectivity index (χ4v) is 2.99. The van der Waals surface area contributed by atoms with Gasteiger partial charge in [-0.3, -0.25) is 5.10 Å². The molecule has 130 valence electrons. The summed E-state index contributed by atoms with van der Waals surface area (Å²) in [4.78, 5) is 11.4. The van der Waals surface area contributed by atoms with E-state index in [1.807, 2.05) is 20.9 Å². The maximum Gasteiger partial charge on any atom is 0.156 e. The summed E-state index contributed by atoms with van der Waals surface area (Å²) in [5.41, 5.74) is 4.36. The van der Waals surface area contributed by atoms with Gasteiger partial charge in [0.2, 0.25) is 0 Å². The van der Waals surface area contributed by atoms with E-state index in [9.17, 15) is 0 Å². The zero-order valence-corrected chi connectivity index (χ0v) is 14.8. The summed E-state index contributed by atoms with van der Waals surface area (Å²) in [6.07, 6.45) is 1.01. The largest absolute Gasteiger partial charge is 0.381 e. The number of H-pyrrole nitrogens is 1. The lowest BCUT2D eigenvalue weighted by Gasteiger charge is -2.21. The number of nitrogens with one attached hydrogen (secondary N) is 1. The zero-order valence-electron chi connectivity index (χ0n) is 14.8. The SMILES string of the molecule is COCc1nc([C@H]2CCOC2)cc(N(C)Cc2c(C)n[nH]c2C)n1. The molecule has 1 atom stereocenters. The van der Waals surface area contributed by atoms with Gasteiger partial charge in [-0.15, -0.1) is 0 Å². The van der Waals surface area contributed by atoms with E-state index in [0.29, 0.717) is 18.3 Å². The molecular formula is C17H25N5O2. The minimum absolute atomic E-state index is 0.341. The lowest BCUT2D eigenvalue weighted by Crippen LogP contribution is -2.20. The second kappa shape index (κ2) is 7.27. The average molecular weight is 331 g/mol. The van der Waals surface area contributed by atoms with Crippen molar-refractivity contribution in [3.8, 4) is 0 Å². The van der Waals surface area contributed by atoms with Crippen LogP contribution >= 0.6 is 0 Å². The second-order valence-corrected chi connectivity index (χ2v) is 6.33. The van der Waals surface area contributed by atoms with Crippen LogP contribution in [0, 0.1) is 13.8 Å². The summed E-state index contributed by atoms with van der Waals surface area (Å²) in [5.74, 6) is 1.96.